The van der Waals surface area contributed by atoms with Crippen molar-refractivity contribution in [2.24, 2.45) is 0 Å². The highest BCUT2D eigenvalue weighted by molar-refractivity contribution is 6.07. The van der Waals surface area contributed by atoms with Gasteiger partial charge in [-0.2, -0.15) is 0 Å². The lowest BCUT2D eigenvalue weighted by atomic mass is 9.66. The summed E-state index contributed by atoms with van der Waals surface area (Å²) in [5, 5.41) is 2.30. The van der Waals surface area contributed by atoms with Gasteiger partial charge in [0, 0.05) is 16.7 Å². The molecule has 2 aliphatic carbocycles. The van der Waals surface area contributed by atoms with E-state index in [1.165, 1.54) is 83.3 Å². The molecule has 14 rings (SSSR count). The second-order valence-corrected chi connectivity index (χ2v) is 19.1. The maximum atomic E-state index is 5.46. The average molecular weight is 915 g/mol. The SMILES string of the molecule is c1ccc(-c2nc(-c3ccc4c(c3)C(c3ccccc3)(c3ccccc3)c3ccccc3-4)cc(-c3ccc(-c4cccc5c4C(c4ccccc4)(c4ccccc4)c4ccccc4-5)c4ccccc34)n2)cc1. The summed E-state index contributed by atoms with van der Waals surface area (Å²) in [4.78, 5) is 10.9. The third-order valence-electron chi connectivity index (χ3n) is 15.5. The van der Waals surface area contributed by atoms with E-state index in [1.807, 2.05) is 0 Å². The van der Waals surface area contributed by atoms with Gasteiger partial charge in [0.25, 0.3) is 0 Å². The molecule has 2 aliphatic rings. The minimum Gasteiger partial charge on any atom is -0.228 e. The van der Waals surface area contributed by atoms with Gasteiger partial charge >= 0.3 is 0 Å². The summed E-state index contributed by atoms with van der Waals surface area (Å²) in [7, 11) is 0. The van der Waals surface area contributed by atoms with Gasteiger partial charge in [-0.25, -0.2) is 9.97 Å². The van der Waals surface area contributed by atoms with Crippen LogP contribution in [0.15, 0.2) is 279 Å². The first kappa shape index (κ1) is 41.7. The highest BCUT2D eigenvalue weighted by atomic mass is 14.9. The summed E-state index contributed by atoms with van der Waals surface area (Å²) in [6, 6.07) is 102. The van der Waals surface area contributed by atoms with Crippen molar-refractivity contribution < 1.29 is 0 Å². The molecule has 336 valence electrons. The lowest BCUT2D eigenvalue weighted by molar-refractivity contribution is 0.768. The third-order valence-corrected chi connectivity index (χ3v) is 15.5. The number of fused-ring (bicyclic) bond motifs is 7. The van der Waals surface area contributed by atoms with Crippen molar-refractivity contribution in [3.8, 4) is 67.3 Å². The van der Waals surface area contributed by atoms with Crippen LogP contribution in [0.5, 0.6) is 0 Å². The van der Waals surface area contributed by atoms with E-state index in [9.17, 15) is 0 Å². The summed E-state index contributed by atoms with van der Waals surface area (Å²) in [6.45, 7) is 0. The summed E-state index contributed by atoms with van der Waals surface area (Å²) in [6.07, 6.45) is 0. The van der Waals surface area contributed by atoms with Gasteiger partial charge in [-0.3, -0.25) is 0 Å². The Bertz CT molecular complexity index is 3940. The number of hydrogen-bond donors (Lipinski definition) is 0. The first-order valence-electron chi connectivity index (χ1n) is 24.9. The summed E-state index contributed by atoms with van der Waals surface area (Å²) in [5.74, 6) is 0.687. The van der Waals surface area contributed by atoms with Crippen LogP contribution in [0.1, 0.15) is 44.5 Å². The Morgan fingerprint density at radius 2 is 0.639 bits per heavy atom. The van der Waals surface area contributed by atoms with Crippen molar-refractivity contribution in [1.82, 2.24) is 9.97 Å². The Morgan fingerprint density at radius 1 is 0.236 bits per heavy atom. The number of nitrogens with zero attached hydrogens (tertiary/aromatic N) is 2. The lowest BCUT2D eigenvalue weighted by Crippen LogP contribution is -2.29. The number of benzene rings is 11. The summed E-state index contributed by atoms with van der Waals surface area (Å²) < 4.78 is 0. The smallest absolute Gasteiger partial charge is 0.160 e. The van der Waals surface area contributed by atoms with Crippen LogP contribution in [-0.2, 0) is 10.8 Å². The quantitative estimate of drug-likeness (QED) is 0.152. The molecule has 0 amide bonds. The first-order valence-corrected chi connectivity index (χ1v) is 24.9. The van der Waals surface area contributed by atoms with Crippen LogP contribution in [0.2, 0.25) is 0 Å². The zero-order valence-electron chi connectivity index (χ0n) is 39.5. The summed E-state index contributed by atoms with van der Waals surface area (Å²) in [5.41, 5.74) is 21.2. The van der Waals surface area contributed by atoms with Gasteiger partial charge in [-0.1, -0.05) is 267 Å². The Balaban J connectivity index is 0.987. The molecule has 0 radical (unpaired) electrons. The molecule has 0 saturated heterocycles. The maximum absolute atomic E-state index is 5.46. The van der Waals surface area contributed by atoms with Crippen molar-refractivity contribution in [3.63, 3.8) is 0 Å². The van der Waals surface area contributed by atoms with Crippen LogP contribution in [-0.4, -0.2) is 9.97 Å². The molecule has 0 spiro atoms. The molecule has 0 atom stereocenters. The molecule has 2 nitrogen and oxygen atoms in total. The number of rotatable bonds is 8. The molecule has 0 N–H and O–H groups in total. The zero-order chi connectivity index (χ0) is 47.6. The zero-order valence-corrected chi connectivity index (χ0v) is 39.5. The Morgan fingerprint density at radius 3 is 1.24 bits per heavy atom. The standard InChI is InChI=1S/C70H46N2/c1-6-23-47(24-7-1)68-71-65(48-41-42-58-56-35-18-20-39-62(56)69(64(58)45-48,49-25-8-2-9-26-49)50-27-10-3-11-28-50)46-66(72-68)59-44-43-55(53-33-16-17-34-54(53)59)60-37-22-38-61-57-36-19-21-40-63(57)70(67(60)61,51-29-12-4-13-30-51)52-31-14-5-15-32-52/h1-46H. The fraction of sp³-hybridized carbons (Fsp3) is 0.0286. The molecule has 1 aromatic heterocycles. The molecule has 0 unspecified atom stereocenters. The second-order valence-electron chi connectivity index (χ2n) is 19.1. The van der Waals surface area contributed by atoms with E-state index in [0.717, 1.165) is 33.5 Å². The van der Waals surface area contributed by atoms with Gasteiger partial charge in [-0.05, 0) is 101 Å². The molecule has 0 aliphatic heterocycles. The van der Waals surface area contributed by atoms with Crippen LogP contribution in [0.4, 0.5) is 0 Å². The van der Waals surface area contributed by atoms with Gasteiger partial charge in [0.2, 0.25) is 0 Å². The molecule has 72 heavy (non-hydrogen) atoms. The number of hydrogen-bond acceptors (Lipinski definition) is 2. The van der Waals surface area contributed by atoms with E-state index in [0.29, 0.717) is 5.82 Å². The molecule has 1 heterocycles. The van der Waals surface area contributed by atoms with Crippen molar-refractivity contribution >= 4 is 10.8 Å². The summed E-state index contributed by atoms with van der Waals surface area (Å²) >= 11 is 0. The van der Waals surface area contributed by atoms with Crippen molar-refractivity contribution in [2.75, 3.05) is 0 Å². The van der Waals surface area contributed by atoms with Crippen LogP contribution in [0.25, 0.3) is 78.1 Å². The number of aromatic nitrogens is 2. The molecule has 11 aromatic carbocycles. The van der Waals surface area contributed by atoms with Crippen LogP contribution >= 0.6 is 0 Å². The largest absolute Gasteiger partial charge is 0.228 e. The third kappa shape index (κ3) is 6.16. The van der Waals surface area contributed by atoms with Gasteiger partial charge in [0.15, 0.2) is 5.82 Å². The minimum absolute atomic E-state index is 0.536. The van der Waals surface area contributed by atoms with E-state index >= 15 is 0 Å². The molecule has 12 aromatic rings. The van der Waals surface area contributed by atoms with E-state index in [1.54, 1.807) is 0 Å². The van der Waals surface area contributed by atoms with E-state index in [2.05, 4.69) is 279 Å². The van der Waals surface area contributed by atoms with Crippen LogP contribution < -0.4 is 0 Å². The average Bonchev–Trinajstić information content (AvgIpc) is 3.94. The topological polar surface area (TPSA) is 25.8 Å². The molecule has 0 bridgehead atoms. The van der Waals surface area contributed by atoms with Crippen LogP contribution in [0, 0.1) is 0 Å². The first-order chi connectivity index (χ1) is 35.7. The molecule has 0 saturated carbocycles. The lowest BCUT2D eigenvalue weighted by Gasteiger charge is -2.35. The predicted octanol–water partition coefficient (Wildman–Crippen LogP) is 17.0. The normalized spacial score (nSPS) is 13.5. The Kier molecular flexibility index (Phi) is 9.69. The molecular formula is C70H46N2. The minimum atomic E-state index is -0.549. The van der Waals surface area contributed by atoms with E-state index < -0.39 is 10.8 Å². The van der Waals surface area contributed by atoms with E-state index in [4.69, 9.17) is 9.97 Å². The van der Waals surface area contributed by atoms with Crippen molar-refractivity contribution in [1.29, 1.82) is 0 Å². The highest BCUT2D eigenvalue weighted by Gasteiger charge is 2.48. The second kappa shape index (κ2) is 16.7. The van der Waals surface area contributed by atoms with Gasteiger partial charge < -0.3 is 0 Å². The van der Waals surface area contributed by atoms with Gasteiger partial charge in [0.1, 0.15) is 0 Å². The molecule has 0 fully saturated rings. The van der Waals surface area contributed by atoms with Crippen molar-refractivity contribution in [3.05, 3.63) is 324 Å². The monoisotopic (exact) mass is 914 g/mol. The fourth-order valence-corrected chi connectivity index (χ4v) is 12.5. The highest BCUT2D eigenvalue weighted by Crippen LogP contribution is 2.60. The van der Waals surface area contributed by atoms with E-state index in [-0.39, 0.29) is 0 Å². The van der Waals surface area contributed by atoms with Gasteiger partial charge in [0.05, 0.1) is 22.2 Å². The Hall–Kier alpha value is -9.24. The molecular weight excluding hydrogens is 869 g/mol. The maximum Gasteiger partial charge on any atom is 0.160 e. The van der Waals surface area contributed by atoms with Gasteiger partial charge in [-0.15, -0.1) is 0 Å². The Labute approximate surface area is 420 Å². The predicted molar refractivity (Wildman–Crippen MR) is 296 cm³/mol. The van der Waals surface area contributed by atoms with Crippen LogP contribution in [0.3, 0.4) is 0 Å². The fourth-order valence-electron chi connectivity index (χ4n) is 12.5. The van der Waals surface area contributed by atoms with Crippen molar-refractivity contribution in [2.45, 2.75) is 10.8 Å². The molecule has 2 heteroatoms.